The number of nitrogens with zero attached hydrogens (tertiary/aromatic N) is 1. The Labute approximate surface area is 78.4 Å². The third kappa shape index (κ3) is 1.64. The normalized spacial score (nSPS) is 29.3. The fourth-order valence-corrected chi connectivity index (χ4v) is 1.64. The monoisotopic (exact) mass is 181 g/mol. The highest BCUT2D eigenvalue weighted by molar-refractivity contribution is 6.04. The quantitative estimate of drug-likeness (QED) is 0.474. The number of rotatable bonds is 2. The molecule has 0 bridgehead atoms. The Morgan fingerprint density at radius 1 is 1.38 bits per heavy atom. The molecule has 0 aromatic carbocycles. The van der Waals surface area contributed by atoms with Gasteiger partial charge in [-0.2, -0.15) is 0 Å². The van der Waals surface area contributed by atoms with Crippen LogP contribution in [0, 0.1) is 11.8 Å². The number of allylic oxidation sites excluding steroid dienone is 2. The van der Waals surface area contributed by atoms with Crippen molar-refractivity contribution in [3.63, 3.8) is 0 Å². The molecule has 2 amide bonds. The van der Waals surface area contributed by atoms with Gasteiger partial charge in [0.2, 0.25) is 11.8 Å². The van der Waals surface area contributed by atoms with Gasteiger partial charge in [0.25, 0.3) is 0 Å². The van der Waals surface area contributed by atoms with Gasteiger partial charge in [0.1, 0.15) is 0 Å². The molecule has 0 aliphatic carbocycles. The van der Waals surface area contributed by atoms with Crippen molar-refractivity contribution < 1.29 is 9.59 Å². The van der Waals surface area contributed by atoms with E-state index in [0.29, 0.717) is 6.42 Å². The fourth-order valence-electron chi connectivity index (χ4n) is 1.64. The van der Waals surface area contributed by atoms with E-state index < -0.39 is 0 Å². The first kappa shape index (κ1) is 9.96. The van der Waals surface area contributed by atoms with Crippen molar-refractivity contribution in [2.24, 2.45) is 11.8 Å². The van der Waals surface area contributed by atoms with Crippen LogP contribution in [0.25, 0.3) is 0 Å². The van der Waals surface area contributed by atoms with Crippen molar-refractivity contribution in [1.29, 1.82) is 0 Å². The Bertz CT molecular complexity index is 258. The van der Waals surface area contributed by atoms with Crippen molar-refractivity contribution >= 4 is 11.8 Å². The SMILES string of the molecule is C/C=C\CC1C(=O)N(C)C(=O)C1C. The third-order valence-corrected chi connectivity index (χ3v) is 2.60. The second-order valence-electron chi connectivity index (χ2n) is 3.44. The maximum absolute atomic E-state index is 11.5. The molecule has 3 nitrogen and oxygen atoms in total. The van der Waals surface area contributed by atoms with E-state index in [4.69, 9.17) is 0 Å². The maximum atomic E-state index is 11.5. The van der Waals surface area contributed by atoms with Crippen molar-refractivity contribution in [3.8, 4) is 0 Å². The minimum absolute atomic E-state index is 0.0457. The largest absolute Gasteiger partial charge is 0.285 e. The van der Waals surface area contributed by atoms with Gasteiger partial charge < -0.3 is 0 Å². The van der Waals surface area contributed by atoms with Gasteiger partial charge in [-0.05, 0) is 13.3 Å². The zero-order valence-corrected chi connectivity index (χ0v) is 8.28. The fraction of sp³-hybridized carbons (Fsp3) is 0.600. The molecular formula is C10H15NO2. The average molecular weight is 181 g/mol. The molecule has 0 N–H and O–H groups in total. The molecule has 1 aliphatic heterocycles. The first-order chi connectivity index (χ1) is 6.09. The van der Waals surface area contributed by atoms with Crippen LogP contribution in [0.3, 0.4) is 0 Å². The zero-order chi connectivity index (χ0) is 10.0. The first-order valence-electron chi connectivity index (χ1n) is 4.52. The van der Waals surface area contributed by atoms with Crippen molar-refractivity contribution in [3.05, 3.63) is 12.2 Å². The molecule has 72 valence electrons. The molecule has 0 radical (unpaired) electrons. The molecule has 3 heteroatoms. The van der Waals surface area contributed by atoms with Crippen LogP contribution in [0.2, 0.25) is 0 Å². The lowest BCUT2D eigenvalue weighted by Crippen LogP contribution is -2.25. The van der Waals surface area contributed by atoms with Gasteiger partial charge in [0.05, 0.1) is 5.92 Å². The van der Waals surface area contributed by atoms with Crippen LogP contribution in [0.4, 0.5) is 0 Å². The van der Waals surface area contributed by atoms with Crippen LogP contribution < -0.4 is 0 Å². The molecule has 1 heterocycles. The molecule has 1 aliphatic rings. The molecule has 0 aromatic heterocycles. The molecule has 2 atom stereocenters. The number of amides is 2. The topological polar surface area (TPSA) is 37.4 Å². The summed E-state index contributed by atoms with van der Waals surface area (Å²) >= 11 is 0. The van der Waals surface area contributed by atoms with Crippen molar-refractivity contribution in [1.82, 2.24) is 4.90 Å². The van der Waals surface area contributed by atoms with Crippen molar-refractivity contribution in [2.45, 2.75) is 20.3 Å². The molecule has 1 fully saturated rings. The highest BCUT2D eigenvalue weighted by atomic mass is 16.2. The Morgan fingerprint density at radius 2 is 2.00 bits per heavy atom. The lowest BCUT2D eigenvalue weighted by molar-refractivity contribution is -0.138. The Hall–Kier alpha value is -1.12. The summed E-state index contributed by atoms with van der Waals surface area (Å²) < 4.78 is 0. The molecule has 0 aromatic rings. The predicted molar refractivity (Wildman–Crippen MR) is 49.9 cm³/mol. The molecule has 0 spiro atoms. The van der Waals surface area contributed by atoms with Gasteiger partial charge in [-0.3, -0.25) is 14.5 Å². The smallest absolute Gasteiger partial charge is 0.233 e. The van der Waals surface area contributed by atoms with Gasteiger partial charge in [-0.25, -0.2) is 0 Å². The maximum Gasteiger partial charge on any atom is 0.233 e. The minimum Gasteiger partial charge on any atom is -0.285 e. The van der Waals surface area contributed by atoms with E-state index in [1.807, 2.05) is 26.0 Å². The first-order valence-corrected chi connectivity index (χ1v) is 4.52. The molecule has 1 saturated heterocycles. The zero-order valence-electron chi connectivity index (χ0n) is 8.28. The van der Waals surface area contributed by atoms with E-state index in [1.165, 1.54) is 4.90 Å². The van der Waals surface area contributed by atoms with E-state index in [0.717, 1.165) is 0 Å². The van der Waals surface area contributed by atoms with Crippen molar-refractivity contribution in [2.75, 3.05) is 7.05 Å². The summed E-state index contributed by atoms with van der Waals surface area (Å²) in [6.45, 7) is 3.73. The van der Waals surface area contributed by atoms with E-state index >= 15 is 0 Å². The van der Waals surface area contributed by atoms with E-state index in [-0.39, 0.29) is 23.7 Å². The summed E-state index contributed by atoms with van der Waals surface area (Å²) in [6.07, 6.45) is 4.51. The van der Waals surface area contributed by atoms with Crippen LogP contribution in [-0.4, -0.2) is 23.8 Å². The van der Waals surface area contributed by atoms with Crippen LogP contribution in [0.5, 0.6) is 0 Å². The second kappa shape index (κ2) is 3.73. The number of imide groups is 1. The van der Waals surface area contributed by atoms with E-state index in [2.05, 4.69) is 0 Å². The summed E-state index contributed by atoms with van der Waals surface area (Å²) in [7, 11) is 1.55. The minimum atomic E-state index is -0.159. The van der Waals surface area contributed by atoms with Gasteiger partial charge in [0.15, 0.2) is 0 Å². The van der Waals surface area contributed by atoms with Gasteiger partial charge in [-0.15, -0.1) is 0 Å². The van der Waals surface area contributed by atoms with E-state index in [1.54, 1.807) is 7.05 Å². The molecule has 0 saturated carbocycles. The molecule has 1 rings (SSSR count). The lowest BCUT2D eigenvalue weighted by Gasteiger charge is -2.06. The number of carbonyl (C=O) groups excluding carboxylic acids is 2. The Kier molecular flexibility index (Phi) is 2.86. The van der Waals surface area contributed by atoms with Gasteiger partial charge in [0, 0.05) is 13.0 Å². The van der Waals surface area contributed by atoms with Crippen LogP contribution in [0.1, 0.15) is 20.3 Å². The summed E-state index contributed by atoms with van der Waals surface area (Å²) in [5.74, 6) is -0.405. The second-order valence-corrected chi connectivity index (χ2v) is 3.44. The average Bonchev–Trinajstić information content (AvgIpc) is 2.30. The molecule has 2 unspecified atom stereocenters. The number of hydrogen-bond donors (Lipinski definition) is 0. The summed E-state index contributed by atoms with van der Waals surface area (Å²) in [4.78, 5) is 24.1. The van der Waals surface area contributed by atoms with Crippen LogP contribution >= 0.6 is 0 Å². The number of hydrogen-bond acceptors (Lipinski definition) is 2. The van der Waals surface area contributed by atoms with Gasteiger partial charge in [-0.1, -0.05) is 19.1 Å². The lowest BCUT2D eigenvalue weighted by atomic mass is 9.93. The summed E-state index contributed by atoms with van der Waals surface area (Å²) in [5, 5.41) is 0. The highest BCUT2D eigenvalue weighted by Gasteiger charge is 2.41. The molecular weight excluding hydrogens is 166 g/mol. The summed E-state index contributed by atoms with van der Waals surface area (Å²) in [6, 6.07) is 0. The van der Waals surface area contributed by atoms with E-state index in [9.17, 15) is 9.59 Å². The van der Waals surface area contributed by atoms with Gasteiger partial charge >= 0.3 is 0 Å². The Balaban J connectivity index is 2.75. The number of likely N-dealkylation sites (tertiary alicyclic amines) is 1. The standard InChI is InChI=1S/C10H15NO2/c1-4-5-6-8-7(2)9(12)11(3)10(8)13/h4-5,7-8H,6H2,1-3H3/b5-4-. The Morgan fingerprint density at radius 3 is 2.38 bits per heavy atom. The highest BCUT2D eigenvalue weighted by Crippen LogP contribution is 2.27. The van der Waals surface area contributed by atoms with Crippen LogP contribution in [-0.2, 0) is 9.59 Å². The van der Waals surface area contributed by atoms with Crippen LogP contribution in [0.15, 0.2) is 12.2 Å². The third-order valence-electron chi connectivity index (χ3n) is 2.60. The number of carbonyl (C=O) groups is 2. The summed E-state index contributed by atoms with van der Waals surface area (Å²) in [5.41, 5.74) is 0. The predicted octanol–water partition coefficient (Wildman–Crippen LogP) is 1.20. The molecule has 13 heavy (non-hydrogen) atoms.